The van der Waals surface area contributed by atoms with Crippen LogP contribution in [0.15, 0.2) is 0 Å². The second kappa shape index (κ2) is 9.59. The molecule has 0 heterocycles. The van der Waals surface area contributed by atoms with Crippen molar-refractivity contribution in [2.75, 3.05) is 0 Å². The standard InChI is InChI=1S/C21H36O2/c1-3-16(4-2)15-19(20(22)17-11-7-5-8-12-17)21(23)18-13-9-6-10-14-18/h16-19H,3-15H2,1-2H3. The van der Waals surface area contributed by atoms with Crippen LogP contribution in [0.25, 0.3) is 0 Å². The van der Waals surface area contributed by atoms with Gasteiger partial charge in [-0.3, -0.25) is 9.59 Å². The molecule has 2 heteroatoms. The van der Waals surface area contributed by atoms with Crippen LogP contribution in [-0.4, -0.2) is 11.6 Å². The number of hydrogen-bond donors (Lipinski definition) is 0. The molecule has 2 nitrogen and oxygen atoms in total. The lowest BCUT2D eigenvalue weighted by molar-refractivity contribution is -0.139. The summed E-state index contributed by atoms with van der Waals surface area (Å²) in [6.07, 6.45) is 14.3. The average Bonchev–Trinajstić information content (AvgIpc) is 2.63. The Labute approximate surface area is 142 Å². The minimum Gasteiger partial charge on any atom is -0.299 e. The third-order valence-corrected chi connectivity index (χ3v) is 6.43. The first-order chi connectivity index (χ1) is 11.2. The average molecular weight is 321 g/mol. The molecule has 0 radical (unpaired) electrons. The summed E-state index contributed by atoms with van der Waals surface area (Å²) >= 11 is 0. The lowest BCUT2D eigenvalue weighted by Crippen LogP contribution is -2.36. The Kier molecular flexibility index (Phi) is 7.79. The first-order valence-corrected chi connectivity index (χ1v) is 10.2. The number of carbonyl (C=O) groups is 2. The van der Waals surface area contributed by atoms with Crippen LogP contribution in [-0.2, 0) is 9.59 Å². The van der Waals surface area contributed by atoms with Crippen molar-refractivity contribution in [3.8, 4) is 0 Å². The number of rotatable bonds is 8. The van der Waals surface area contributed by atoms with Crippen LogP contribution in [0.5, 0.6) is 0 Å². The molecular formula is C21H36O2. The lowest BCUT2D eigenvalue weighted by Gasteiger charge is -2.30. The number of hydrogen-bond acceptors (Lipinski definition) is 2. The van der Waals surface area contributed by atoms with Crippen LogP contribution in [0.2, 0.25) is 0 Å². The van der Waals surface area contributed by atoms with E-state index in [1.54, 1.807) is 0 Å². The lowest BCUT2D eigenvalue weighted by atomic mass is 9.72. The highest BCUT2D eigenvalue weighted by atomic mass is 16.2. The SMILES string of the molecule is CCC(CC)CC(C(=O)C1CCCCC1)C(=O)C1CCCCC1. The Morgan fingerprint density at radius 2 is 1.13 bits per heavy atom. The molecule has 0 N–H and O–H groups in total. The maximum Gasteiger partial charge on any atom is 0.146 e. The molecule has 2 saturated carbocycles. The molecule has 0 bridgehead atoms. The van der Waals surface area contributed by atoms with E-state index in [2.05, 4.69) is 13.8 Å². The Morgan fingerprint density at radius 1 is 0.739 bits per heavy atom. The van der Waals surface area contributed by atoms with Crippen molar-refractivity contribution in [3.63, 3.8) is 0 Å². The zero-order valence-corrected chi connectivity index (χ0v) is 15.3. The number of ketones is 2. The first kappa shape index (κ1) is 18.7. The molecule has 2 aliphatic rings. The van der Waals surface area contributed by atoms with E-state index in [0.717, 1.165) is 44.9 Å². The first-order valence-electron chi connectivity index (χ1n) is 10.2. The summed E-state index contributed by atoms with van der Waals surface area (Å²) in [4.78, 5) is 26.3. The van der Waals surface area contributed by atoms with Gasteiger partial charge in [-0.1, -0.05) is 65.2 Å². The molecule has 0 unspecified atom stereocenters. The molecule has 0 aliphatic heterocycles. The predicted octanol–water partition coefficient (Wildman–Crippen LogP) is 5.73. The maximum absolute atomic E-state index is 13.1. The molecule has 2 fully saturated rings. The van der Waals surface area contributed by atoms with E-state index in [-0.39, 0.29) is 17.8 Å². The van der Waals surface area contributed by atoms with Crippen LogP contribution >= 0.6 is 0 Å². The van der Waals surface area contributed by atoms with Crippen LogP contribution in [0.3, 0.4) is 0 Å². The highest BCUT2D eigenvalue weighted by molar-refractivity contribution is 6.04. The summed E-state index contributed by atoms with van der Waals surface area (Å²) in [5, 5.41) is 0. The fraction of sp³-hybridized carbons (Fsp3) is 0.905. The number of Topliss-reactive ketones (excluding diaryl/α,β-unsaturated/α-hetero) is 2. The fourth-order valence-corrected chi connectivity index (χ4v) is 4.67. The summed E-state index contributed by atoms with van der Waals surface area (Å²) in [5.41, 5.74) is 0. The van der Waals surface area contributed by atoms with Crippen molar-refractivity contribution in [2.45, 2.75) is 97.3 Å². The predicted molar refractivity (Wildman–Crippen MR) is 95.3 cm³/mol. The third-order valence-electron chi connectivity index (χ3n) is 6.43. The van der Waals surface area contributed by atoms with Crippen LogP contribution < -0.4 is 0 Å². The van der Waals surface area contributed by atoms with Crippen molar-refractivity contribution in [2.24, 2.45) is 23.7 Å². The van der Waals surface area contributed by atoms with Gasteiger partial charge in [-0.05, 0) is 38.0 Å². The fourth-order valence-electron chi connectivity index (χ4n) is 4.67. The smallest absolute Gasteiger partial charge is 0.146 e. The van der Waals surface area contributed by atoms with Gasteiger partial charge in [0.25, 0.3) is 0 Å². The van der Waals surface area contributed by atoms with Crippen molar-refractivity contribution >= 4 is 11.6 Å². The van der Waals surface area contributed by atoms with E-state index < -0.39 is 0 Å². The molecule has 132 valence electrons. The van der Waals surface area contributed by atoms with Gasteiger partial charge in [0.2, 0.25) is 0 Å². The quantitative estimate of drug-likeness (QED) is 0.535. The van der Waals surface area contributed by atoms with E-state index >= 15 is 0 Å². The van der Waals surface area contributed by atoms with Gasteiger partial charge < -0.3 is 0 Å². The second-order valence-corrected chi connectivity index (χ2v) is 7.95. The normalized spacial score (nSPS) is 21.0. The van der Waals surface area contributed by atoms with E-state index in [1.807, 2.05) is 0 Å². The molecule has 0 aromatic rings. The van der Waals surface area contributed by atoms with Crippen LogP contribution in [0.4, 0.5) is 0 Å². The highest BCUT2D eigenvalue weighted by Gasteiger charge is 2.37. The van der Waals surface area contributed by atoms with Gasteiger partial charge in [0.1, 0.15) is 11.6 Å². The Balaban J connectivity index is 2.08. The molecular weight excluding hydrogens is 284 g/mol. The molecule has 23 heavy (non-hydrogen) atoms. The Morgan fingerprint density at radius 3 is 1.48 bits per heavy atom. The molecule has 2 rings (SSSR count). The maximum atomic E-state index is 13.1. The van der Waals surface area contributed by atoms with Gasteiger partial charge in [0, 0.05) is 11.8 Å². The molecule has 0 atom stereocenters. The largest absolute Gasteiger partial charge is 0.299 e. The van der Waals surface area contributed by atoms with E-state index in [4.69, 9.17) is 0 Å². The monoisotopic (exact) mass is 320 g/mol. The Bertz CT molecular complexity index is 341. The van der Waals surface area contributed by atoms with Gasteiger partial charge in [-0.15, -0.1) is 0 Å². The zero-order chi connectivity index (χ0) is 16.7. The van der Waals surface area contributed by atoms with E-state index in [0.29, 0.717) is 17.5 Å². The molecule has 0 aromatic heterocycles. The molecule has 0 spiro atoms. The van der Waals surface area contributed by atoms with E-state index in [1.165, 1.54) is 38.5 Å². The molecule has 0 aromatic carbocycles. The number of carbonyl (C=O) groups excluding carboxylic acids is 2. The Hall–Kier alpha value is -0.660. The minimum atomic E-state index is -0.286. The van der Waals surface area contributed by atoms with Crippen molar-refractivity contribution in [3.05, 3.63) is 0 Å². The zero-order valence-electron chi connectivity index (χ0n) is 15.3. The van der Waals surface area contributed by atoms with Gasteiger partial charge >= 0.3 is 0 Å². The summed E-state index contributed by atoms with van der Waals surface area (Å²) in [6.45, 7) is 4.39. The van der Waals surface area contributed by atoms with Gasteiger partial charge in [0.05, 0.1) is 5.92 Å². The molecule has 2 aliphatic carbocycles. The summed E-state index contributed by atoms with van der Waals surface area (Å²) in [5.74, 6) is 1.22. The van der Waals surface area contributed by atoms with Crippen molar-refractivity contribution in [1.82, 2.24) is 0 Å². The summed E-state index contributed by atoms with van der Waals surface area (Å²) in [7, 11) is 0. The van der Waals surface area contributed by atoms with Gasteiger partial charge in [-0.25, -0.2) is 0 Å². The molecule has 0 saturated heterocycles. The topological polar surface area (TPSA) is 34.1 Å². The van der Waals surface area contributed by atoms with Crippen molar-refractivity contribution in [1.29, 1.82) is 0 Å². The van der Waals surface area contributed by atoms with Crippen LogP contribution in [0, 0.1) is 23.7 Å². The van der Waals surface area contributed by atoms with E-state index in [9.17, 15) is 9.59 Å². The third kappa shape index (κ3) is 5.16. The van der Waals surface area contributed by atoms with Gasteiger partial charge in [0.15, 0.2) is 0 Å². The molecule has 0 amide bonds. The van der Waals surface area contributed by atoms with Gasteiger partial charge in [-0.2, -0.15) is 0 Å². The van der Waals surface area contributed by atoms with Crippen molar-refractivity contribution < 1.29 is 9.59 Å². The second-order valence-electron chi connectivity index (χ2n) is 7.95. The highest BCUT2D eigenvalue weighted by Crippen LogP contribution is 2.34. The summed E-state index contributed by atoms with van der Waals surface area (Å²) < 4.78 is 0. The summed E-state index contributed by atoms with van der Waals surface area (Å²) in [6, 6.07) is 0. The minimum absolute atomic E-state index is 0.177. The van der Waals surface area contributed by atoms with Crippen LogP contribution in [0.1, 0.15) is 97.3 Å².